The summed E-state index contributed by atoms with van der Waals surface area (Å²) in [5, 5.41) is 38.6. The largest absolute Gasteiger partial charge is 0.507 e. The summed E-state index contributed by atoms with van der Waals surface area (Å²) >= 11 is 0. The molecule has 64 heavy (non-hydrogen) atoms. The molecule has 4 N–H and O–H groups in total. The number of phenols is 2. The van der Waals surface area contributed by atoms with Crippen LogP contribution in [-0.4, -0.2) is 110 Å². The topological polar surface area (TPSA) is 149 Å². The van der Waals surface area contributed by atoms with Crippen molar-refractivity contribution >= 4 is 30.3 Å². The third-order valence-electron chi connectivity index (χ3n) is 12.4. The standard InChI is InChI=1S/C49H69N5O2.C3H4O4.Co/c1-47(2,3)39-28-36(20-15-23-52-24-16-25-53-26-17-27-54(46(52)53)34-35-18-11-10-12-19-35)44(55)37(29-39)32-50-42-21-13-14-22-43(42)51-33-38-30-40(48(4,5)6)31-41(45(38)56)49(7,8)9;4-2(5)1-3(6)7;/h10-12,18-19,28-33,42-43H,13-17,20-27,34H2,1-9H3,(H-,50,51,55,56);1H2,(H,4,5)(H,6,7);/p+1. The summed E-state index contributed by atoms with van der Waals surface area (Å²) in [6.45, 7) is 26.2. The fourth-order valence-electron chi connectivity index (χ4n) is 8.76. The van der Waals surface area contributed by atoms with Crippen LogP contribution in [0.5, 0.6) is 11.5 Å². The van der Waals surface area contributed by atoms with Crippen LogP contribution in [0.3, 0.4) is 0 Å². The number of benzene rings is 3. The van der Waals surface area contributed by atoms with Gasteiger partial charge in [-0.25, -0.2) is 0 Å². The molecule has 0 amide bonds. The summed E-state index contributed by atoms with van der Waals surface area (Å²) in [7, 11) is 0. The zero-order chi connectivity index (χ0) is 46.1. The molecule has 2 heterocycles. The van der Waals surface area contributed by atoms with Crippen molar-refractivity contribution in [2.45, 2.75) is 155 Å². The molecule has 3 aromatic carbocycles. The number of phenolic OH excluding ortho intramolecular Hbond substituents is 2. The molecule has 0 saturated heterocycles. The Bertz CT molecular complexity index is 2130. The number of aryl methyl sites for hydroxylation is 1. The molecule has 0 bridgehead atoms. The maximum Gasteiger partial charge on any atom is 0.350 e. The Hall–Kier alpha value is -4.68. The van der Waals surface area contributed by atoms with Crippen molar-refractivity contribution in [2.24, 2.45) is 9.98 Å². The second kappa shape index (κ2) is 22.5. The van der Waals surface area contributed by atoms with Gasteiger partial charge < -0.3 is 20.4 Å². The molecular weight excluding hydrogens is 850 g/mol. The number of carboxylic acids is 2. The van der Waals surface area contributed by atoms with E-state index in [0.29, 0.717) is 11.5 Å². The number of guanidine groups is 1. The Morgan fingerprint density at radius 3 is 1.72 bits per heavy atom. The van der Waals surface area contributed by atoms with Crippen molar-refractivity contribution < 1.29 is 51.4 Å². The fraction of sp³-hybridized carbons (Fsp3) is 0.558. The van der Waals surface area contributed by atoms with E-state index >= 15 is 0 Å². The van der Waals surface area contributed by atoms with E-state index < -0.39 is 18.4 Å². The Labute approximate surface area is 392 Å². The third kappa shape index (κ3) is 14.4. The summed E-state index contributed by atoms with van der Waals surface area (Å²) < 4.78 is 2.60. The number of hydrogen-bond acceptors (Lipinski definition) is 8. The predicted molar refractivity (Wildman–Crippen MR) is 254 cm³/mol. The minimum Gasteiger partial charge on any atom is -0.507 e. The van der Waals surface area contributed by atoms with Crippen LogP contribution in [-0.2, 0) is 55.6 Å². The minimum atomic E-state index is -1.31. The molecule has 351 valence electrons. The van der Waals surface area contributed by atoms with Crippen molar-refractivity contribution in [1.82, 2.24) is 9.80 Å². The van der Waals surface area contributed by atoms with Gasteiger partial charge in [-0.3, -0.25) is 33.9 Å². The first-order valence-electron chi connectivity index (χ1n) is 23.0. The van der Waals surface area contributed by atoms with Crippen molar-refractivity contribution in [3.05, 3.63) is 93.5 Å². The van der Waals surface area contributed by atoms with Crippen LogP contribution in [0.15, 0.2) is 64.6 Å². The number of carbonyl (C=O) groups is 2. The molecular formula is C52H74CoN5O6+. The number of carboxylic acid groups (broad SMARTS) is 2. The van der Waals surface area contributed by atoms with Crippen LogP contribution in [0.25, 0.3) is 0 Å². The average Bonchev–Trinajstić information content (AvgIpc) is 3.20. The molecule has 2 unspecified atom stereocenters. The van der Waals surface area contributed by atoms with Gasteiger partial charge in [0.2, 0.25) is 0 Å². The first kappa shape index (κ1) is 51.9. The van der Waals surface area contributed by atoms with E-state index in [-0.39, 0.29) is 45.1 Å². The summed E-state index contributed by atoms with van der Waals surface area (Å²) in [5.74, 6) is -0.558. The van der Waals surface area contributed by atoms with Gasteiger partial charge in [0.05, 0.1) is 51.4 Å². The van der Waals surface area contributed by atoms with Crippen LogP contribution < -0.4 is 0 Å². The number of aliphatic carboxylic acids is 2. The maximum atomic E-state index is 11.8. The van der Waals surface area contributed by atoms with E-state index in [0.717, 1.165) is 100 Å². The minimum absolute atomic E-state index is 0. The van der Waals surface area contributed by atoms with Gasteiger partial charge in [0.1, 0.15) is 17.9 Å². The molecule has 1 saturated carbocycles. The molecule has 1 radical (unpaired) electrons. The molecule has 2 atom stereocenters. The monoisotopic (exact) mass is 923 g/mol. The predicted octanol–water partition coefficient (Wildman–Crippen LogP) is 9.30. The van der Waals surface area contributed by atoms with Gasteiger partial charge in [-0.1, -0.05) is 118 Å². The quantitative estimate of drug-likeness (QED) is 0.0799. The van der Waals surface area contributed by atoms with Crippen molar-refractivity contribution in [3.63, 3.8) is 0 Å². The first-order chi connectivity index (χ1) is 29.6. The molecule has 2 aliphatic heterocycles. The second-order valence-corrected chi connectivity index (χ2v) is 20.7. The molecule has 1 fully saturated rings. The number of aromatic hydroxyl groups is 2. The van der Waals surface area contributed by atoms with Crippen LogP contribution >= 0.6 is 0 Å². The van der Waals surface area contributed by atoms with Gasteiger partial charge in [0, 0.05) is 58.7 Å². The van der Waals surface area contributed by atoms with Crippen LogP contribution in [0, 0.1) is 0 Å². The zero-order valence-corrected chi connectivity index (χ0v) is 40.8. The molecule has 0 spiro atoms. The fourth-order valence-corrected chi connectivity index (χ4v) is 8.76. The van der Waals surface area contributed by atoms with E-state index in [4.69, 9.17) is 20.2 Å². The zero-order valence-electron chi connectivity index (χ0n) is 39.8. The van der Waals surface area contributed by atoms with Gasteiger partial charge in [-0.2, -0.15) is 0 Å². The molecule has 3 aliphatic rings. The molecule has 12 heteroatoms. The Morgan fingerprint density at radius 1 is 0.703 bits per heavy atom. The van der Waals surface area contributed by atoms with E-state index in [2.05, 4.69) is 131 Å². The number of nitrogens with zero attached hydrogens (tertiary/aromatic N) is 5. The molecule has 6 rings (SSSR count). The van der Waals surface area contributed by atoms with Gasteiger partial charge in [-0.15, -0.1) is 0 Å². The average molecular weight is 924 g/mol. The second-order valence-electron chi connectivity index (χ2n) is 20.7. The van der Waals surface area contributed by atoms with Crippen molar-refractivity contribution in [2.75, 3.05) is 32.7 Å². The number of rotatable bonds is 12. The normalized spacial score (nSPS) is 18.4. The van der Waals surface area contributed by atoms with E-state index in [1.54, 1.807) is 0 Å². The van der Waals surface area contributed by atoms with E-state index in [1.165, 1.54) is 35.5 Å². The van der Waals surface area contributed by atoms with Crippen LogP contribution in [0.4, 0.5) is 0 Å². The Morgan fingerprint density at radius 2 is 1.22 bits per heavy atom. The Kier molecular flexibility index (Phi) is 18.2. The molecule has 1 aliphatic carbocycles. The maximum absolute atomic E-state index is 11.8. The summed E-state index contributed by atoms with van der Waals surface area (Å²) in [6, 6.07) is 19.5. The van der Waals surface area contributed by atoms with Crippen LogP contribution in [0.2, 0.25) is 0 Å². The molecule has 3 aromatic rings. The molecule has 11 nitrogen and oxygen atoms in total. The summed E-state index contributed by atoms with van der Waals surface area (Å²) in [4.78, 5) is 34.3. The Balaban J connectivity index is 0.00000104. The van der Waals surface area contributed by atoms with Gasteiger partial charge in [0.25, 0.3) is 0 Å². The number of hydrogen-bond donors (Lipinski definition) is 4. The van der Waals surface area contributed by atoms with Crippen molar-refractivity contribution in [1.29, 1.82) is 0 Å². The summed E-state index contributed by atoms with van der Waals surface area (Å²) in [5.41, 5.74) is 6.98. The number of aliphatic imine (C=N–C) groups is 2. The molecule has 0 aromatic heterocycles. The van der Waals surface area contributed by atoms with Crippen molar-refractivity contribution in [3.8, 4) is 11.5 Å². The van der Waals surface area contributed by atoms with Gasteiger partial charge in [-0.05, 0) is 76.3 Å². The first-order valence-corrected chi connectivity index (χ1v) is 23.0. The van der Waals surface area contributed by atoms with Gasteiger partial charge >= 0.3 is 17.9 Å². The smallest absolute Gasteiger partial charge is 0.350 e. The third-order valence-corrected chi connectivity index (χ3v) is 12.4. The summed E-state index contributed by atoms with van der Waals surface area (Å²) in [6.07, 6.45) is 11.3. The van der Waals surface area contributed by atoms with Crippen LogP contribution in [0.1, 0.15) is 153 Å². The van der Waals surface area contributed by atoms with Gasteiger partial charge in [0.15, 0.2) is 0 Å². The SMILES string of the molecule is CC(C)(C)c1cc(C=NC2CCCCC2N=Cc2cc(C(C)(C)C)cc(C(C)(C)C)c2O)c(O)c(CCCN2CCC[N+]3=C2N(Cc2ccccc2)CCC3)c1.O=C(O)CC(=O)O.[Co]. The van der Waals surface area contributed by atoms with E-state index in [9.17, 15) is 19.8 Å². The van der Waals surface area contributed by atoms with E-state index in [1.807, 2.05) is 12.4 Å².